The molecular weight excluding hydrogens is 396 g/mol. The number of carbonyl (C=O) groups is 1. The van der Waals surface area contributed by atoms with Crippen LogP contribution in [-0.4, -0.2) is 50.3 Å². The summed E-state index contributed by atoms with van der Waals surface area (Å²) in [6.45, 7) is 3.46. The Kier molecular flexibility index (Phi) is 7.63. The number of fused-ring (bicyclic) bond motifs is 1. The standard InChI is InChI=1S/C23H30N4O2S/c1-16-9-10-17(21(13-16)30-4)14-24-23(25-15-22(28)27(2)3)26-19-11-12-29-20-8-6-5-7-18(19)20/h5-10,13,19H,11-12,14-15H2,1-4H3,(H2,24,25,26). The van der Waals surface area contributed by atoms with E-state index in [1.807, 2.05) is 18.2 Å². The zero-order valence-corrected chi connectivity index (χ0v) is 18.9. The first-order valence-corrected chi connectivity index (χ1v) is 11.3. The Balaban J connectivity index is 1.80. The number of nitrogens with zero attached hydrogens (tertiary/aromatic N) is 2. The van der Waals surface area contributed by atoms with Crippen molar-refractivity contribution in [2.75, 3.05) is 33.5 Å². The van der Waals surface area contributed by atoms with Gasteiger partial charge < -0.3 is 20.3 Å². The molecule has 1 aliphatic heterocycles. The molecule has 2 aromatic carbocycles. The van der Waals surface area contributed by atoms with Crippen molar-refractivity contribution >= 4 is 23.6 Å². The molecule has 1 heterocycles. The van der Waals surface area contributed by atoms with Crippen LogP contribution in [0.2, 0.25) is 0 Å². The van der Waals surface area contributed by atoms with Gasteiger partial charge in [0.25, 0.3) is 0 Å². The quantitative estimate of drug-likeness (QED) is 0.421. The van der Waals surface area contributed by atoms with E-state index in [9.17, 15) is 4.79 Å². The van der Waals surface area contributed by atoms with E-state index < -0.39 is 0 Å². The van der Waals surface area contributed by atoms with Crippen LogP contribution >= 0.6 is 11.8 Å². The van der Waals surface area contributed by atoms with Gasteiger partial charge in [-0.1, -0.05) is 30.3 Å². The Hall–Kier alpha value is -2.67. The molecule has 7 heteroatoms. The average molecular weight is 427 g/mol. The molecule has 160 valence electrons. The van der Waals surface area contributed by atoms with Crippen LogP contribution in [-0.2, 0) is 11.3 Å². The summed E-state index contributed by atoms with van der Waals surface area (Å²) in [6, 6.07) is 14.5. The lowest BCUT2D eigenvalue weighted by atomic mass is 10.0. The number of amides is 1. The van der Waals surface area contributed by atoms with Gasteiger partial charge in [0.15, 0.2) is 5.96 Å². The zero-order valence-electron chi connectivity index (χ0n) is 18.1. The van der Waals surface area contributed by atoms with Crippen LogP contribution in [0.3, 0.4) is 0 Å². The first-order chi connectivity index (χ1) is 14.5. The van der Waals surface area contributed by atoms with Gasteiger partial charge in [-0.15, -0.1) is 11.8 Å². The van der Waals surface area contributed by atoms with Gasteiger partial charge in [-0.05, 0) is 36.4 Å². The van der Waals surface area contributed by atoms with E-state index in [2.05, 4.69) is 48.1 Å². The summed E-state index contributed by atoms with van der Waals surface area (Å²) in [5, 5.41) is 6.71. The van der Waals surface area contributed by atoms with Crippen LogP contribution < -0.4 is 15.4 Å². The maximum atomic E-state index is 12.1. The number of aryl methyl sites for hydroxylation is 1. The van der Waals surface area contributed by atoms with Gasteiger partial charge in [-0.25, -0.2) is 4.99 Å². The first-order valence-electron chi connectivity index (χ1n) is 10.1. The highest BCUT2D eigenvalue weighted by molar-refractivity contribution is 7.98. The second-order valence-corrected chi connectivity index (χ2v) is 8.34. The van der Waals surface area contributed by atoms with Crippen molar-refractivity contribution in [1.29, 1.82) is 0 Å². The lowest BCUT2D eigenvalue weighted by molar-refractivity contribution is -0.127. The number of nitrogens with one attached hydrogen (secondary N) is 2. The van der Waals surface area contributed by atoms with Gasteiger partial charge in [0, 0.05) is 31.0 Å². The van der Waals surface area contributed by atoms with E-state index >= 15 is 0 Å². The van der Waals surface area contributed by atoms with E-state index in [1.54, 1.807) is 30.8 Å². The number of guanidine groups is 1. The Bertz CT molecular complexity index is 914. The summed E-state index contributed by atoms with van der Waals surface area (Å²) in [4.78, 5) is 19.7. The molecule has 30 heavy (non-hydrogen) atoms. The van der Waals surface area contributed by atoms with Gasteiger partial charge >= 0.3 is 0 Å². The highest BCUT2D eigenvalue weighted by Crippen LogP contribution is 2.31. The topological polar surface area (TPSA) is 66.0 Å². The molecule has 0 fully saturated rings. The van der Waals surface area contributed by atoms with E-state index in [0.29, 0.717) is 19.1 Å². The fourth-order valence-electron chi connectivity index (χ4n) is 3.27. The molecule has 3 rings (SSSR count). The van der Waals surface area contributed by atoms with Crippen molar-refractivity contribution in [3.8, 4) is 5.75 Å². The third-order valence-electron chi connectivity index (χ3n) is 5.03. The highest BCUT2D eigenvalue weighted by Gasteiger charge is 2.22. The number of para-hydroxylation sites is 1. The minimum absolute atomic E-state index is 0.00276. The lowest BCUT2D eigenvalue weighted by Gasteiger charge is -2.28. The number of rotatable bonds is 6. The predicted molar refractivity (Wildman–Crippen MR) is 123 cm³/mol. The molecule has 0 spiro atoms. The Morgan fingerprint density at radius 3 is 2.83 bits per heavy atom. The number of ether oxygens (including phenoxy) is 1. The normalized spacial score (nSPS) is 15.7. The number of hydrogen-bond donors (Lipinski definition) is 2. The van der Waals surface area contributed by atoms with Gasteiger partial charge in [-0.2, -0.15) is 0 Å². The van der Waals surface area contributed by atoms with Crippen molar-refractivity contribution in [1.82, 2.24) is 15.5 Å². The maximum absolute atomic E-state index is 12.1. The fraction of sp³-hybridized carbons (Fsp3) is 0.391. The molecule has 2 aromatic rings. The molecule has 1 unspecified atom stereocenters. The van der Waals surface area contributed by atoms with E-state index in [-0.39, 0.29) is 18.5 Å². The van der Waals surface area contributed by atoms with E-state index in [0.717, 1.165) is 17.7 Å². The molecule has 6 nitrogen and oxygen atoms in total. The summed E-state index contributed by atoms with van der Waals surface area (Å²) in [6.07, 6.45) is 2.91. The summed E-state index contributed by atoms with van der Waals surface area (Å²) >= 11 is 1.72. The molecule has 0 saturated carbocycles. The largest absolute Gasteiger partial charge is 0.493 e. The SMILES string of the molecule is CSc1cc(C)ccc1CN=C(NCC(=O)N(C)C)NC1CCOc2ccccc21. The Morgan fingerprint density at radius 2 is 2.07 bits per heavy atom. The van der Waals surface area contributed by atoms with E-state index in [4.69, 9.17) is 9.73 Å². The zero-order chi connectivity index (χ0) is 21.5. The van der Waals surface area contributed by atoms with Crippen LogP contribution in [0.4, 0.5) is 0 Å². The number of benzene rings is 2. The molecule has 0 radical (unpaired) electrons. The summed E-state index contributed by atoms with van der Waals surface area (Å²) < 4.78 is 5.77. The van der Waals surface area contributed by atoms with Crippen molar-refractivity contribution in [2.45, 2.75) is 30.8 Å². The minimum atomic E-state index is -0.00276. The number of thioether (sulfide) groups is 1. The van der Waals surface area contributed by atoms with Crippen molar-refractivity contribution in [2.24, 2.45) is 4.99 Å². The molecule has 0 saturated heterocycles. The fourth-order valence-corrected chi connectivity index (χ4v) is 3.97. The van der Waals surface area contributed by atoms with Crippen LogP contribution in [0.15, 0.2) is 52.4 Å². The second kappa shape index (κ2) is 10.4. The molecule has 0 aromatic heterocycles. The van der Waals surface area contributed by atoms with Crippen LogP contribution in [0.25, 0.3) is 0 Å². The summed E-state index contributed by atoms with van der Waals surface area (Å²) in [5.41, 5.74) is 3.51. The van der Waals surface area contributed by atoms with Gasteiger partial charge in [-0.3, -0.25) is 4.79 Å². The second-order valence-electron chi connectivity index (χ2n) is 7.49. The van der Waals surface area contributed by atoms with Gasteiger partial charge in [0.1, 0.15) is 5.75 Å². The lowest BCUT2D eigenvalue weighted by Crippen LogP contribution is -2.45. The molecule has 1 aliphatic rings. The molecule has 2 N–H and O–H groups in total. The third kappa shape index (κ3) is 5.69. The first kappa shape index (κ1) is 22.0. The van der Waals surface area contributed by atoms with Crippen molar-refractivity contribution in [3.63, 3.8) is 0 Å². The van der Waals surface area contributed by atoms with Crippen LogP contribution in [0, 0.1) is 6.92 Å². The Morgan fingerprint density at radius 1 is 1.27 bits per heavy atom. The van der Waals surface area contributed by atoms with Crippen molar-refractivity contribution in [3.05, 3.63) is 59.2 Å². The van der Waals surface area contributed by atoms with Gasteiger partial charge in [0.2, 0.25) is 5.91 Å². The predicted octanol–water partition coefficient (Wildman–Crippen LogP) is 3.36. The summed E-state index contributed by atoms with van der Waals surface area (Å²) in [7, 11) is 3.50. The third-order valence-corrected chi connectivity index (χ3v) is 5.85. The Labute approximate surface area is 183 Å². The molecule has 0 bridgehead atoms. The summed E-state index contributed by atoms with van der Waals surface area (Å²) in [5.74, 6) is 1.52. The maximum Gasteiger partial charge on any atom is 0.241 e. The average Bonchev–Trinajstić information content (AvgIpc) is 2.75. The number of hydrogen-bond acceptors (Lipinski definition) is 4. The monoisotopic (exact) mass is 426 g/mol. The minimum Gasteiger partial charge on any atom is -0.493 e. The smallest absolute Gasteiger partial charge is 0.241 e. The highest BCUT2D eigenvalue weighted by atomic mass is 32.2. The number of carbonyl (C=O) groups excluding carboxylic acids is 1. The number of aliphatic imine (C=N–C) groups is 1. The van der Waals surface area contributed by atoms with Gasteiger partial charge in [0.05, 0.1) is 25.7 Å². The van der Waals surface area contributed by atoms with Crippen LogP contribution in [0.1, 0.15) is 29.2 Å². The molecular formula is C23H30N4O2S. The van der Waals surface area contributed by atoms with E-state index in [1.165, 1.54) is 16.0 Å². The molecule has 1 atom stereocenters. The molecule has 0 aliphatic carbocycles. The van der Waals surface area contributed by atoms with Crippen molar-refractivity contribution < 1.29 is 9.53 Å². The molecule has 1 amide bonds. The van der Waals surface area contributed by atoms with Crippen LogP contribution in [0.5, 0.6) is 5.75 Å². The number of likely N-dealkylation sites (N-methyl/N-ethyl adjacent to an activating group) is 1.